The summed E-state index contributed by atoms with van der Waals surface area (Å²) in [5.74, 6) is 0. The zero-order valence-corrected chi connectivity index (χ0v) is 15.7. The predicted octanol–water partition coefficient (Wildman–Crippen LogP) is 7.09. The first-order valence-electron chi connectivity index (χ1n) is 9.16. The summed E-state index contributed by atoms with van der Waals surface area (Å²) in [5.41, 5.74) is 0. The summed E-state index contributed by atoms with van der Waals surface area (Å²) in [7, 11) is -0.132. The highest BCUT2D eigenvalue weighted by Gasteiger charge is 2.30. The van der Waals surface area contributed by atoms with Gasteiger partial charge in [0.05, 0.1) is 10.9 Å². The molecular formula is C26H19S+. The van der Waals surface area contributed by atoms with Gasteiger partial charge in [-0.15, -0.1) is 0 Å². The lowest BCUT2D eigenvalue weighted by Gasteiger charge is -2.11. The van der Waals surface area contributed by atoms with Crippen LogP contribution in [-0.4, -0.2) is 0 Å². The van der Waals surface area contributed by atoms with Crippen molar-refractivity contribution in [2.75, 3.05) is 0 Å². The molecule has 0 N–H and O–H groups in total. The maximum absolute atomic E-state index is 2.35. The van der Waals surface area contributed by atoms with Gasteiger partial charge in [-0.05, 0) is 58.6 Å². The lowest BCUT2D eigenvalue weighted by molar-refractivity contribution is 1.34. The van der Waals surface area contributed by atoms with Crippen LogP contribution in [0.1, 0.15) is 0 Å². The fourth-order valence-electron chi connectivity index (χ4n) is 3.62. The van der Waals surface area contributed by atoms with E-state index in [0.29, 0.717) is 0 Å². The Morgan fingerprint density at radius 2 is 0.926 bits per heavy atom. The molecule has 5 rings (SSSR count). The highest BCUT2D eigenvalue weighted by Crippen LogP contribution is 2.36. The van der Waals surface area contributed by atoms with Gasteiger partial charge in [-0.25, -0.2) is 0 Å². The van der Waals surface area contributed by atoms with Crippen LogP contribution in [0.5, 0.6) is 0 Å². The average molecular weight is 364 g/mol. The van der Waals surface area contributed by atoms with E-state index in [0.717, 1.165) is 0 Å². The van der Waals surface area contributed by atoms with Gasteiger partial charge in [-0.3, -0.25) is 0 Å². The van der Waals surface area contributed by atoms with Crippen molar-refractivity contribution in [2.45, 2.75) is 14.7 Å². The van der Waals surface area contributed by atoms with E-state index in [1.165, 1.54) is 36.2 Å². The van der Waals surface area contributed by atoms with E-state index in [-0.39, 0.29) is 10.9 Å². The van der Waals surface area contributed by atoms with Crippen LogP contribution in [0.3, 0.4) is 0 Å². The number of hydrogen-bond donors (Lipinski definition) is 0. The van der Waals surface area contributed by atoms with Gasteiger partial charge in [0.1, 0.15) is 0 Å². The third-order valence-electron chi connectivity index (χ3n) is 4.88. The van der Waals surface area contributed by atoms with Crippen LogP contribution in [0.2, 0.25) is 0 Å². The molecule has 5 aromatic carbocycles. The Morgan fingerprint density at radius 1 is 0.407 bits per heavy atom. The lowest BCUT2D eigenvalue weighted by atomic mass is 10.0. The van der Waals surface area contributed by atoms with E-state index >= 15 is 0 Å². The summed E-state index contributed by atoms with van der Waals surface area (Å²) in [6.07, 6.45) is 0. The molecule has 0 fully saturated rings. The Bertz CT molecular complexity index is 1170. The van der Waals surface area contributed by atoms with Crippen molar-refractivity contribution in [3.05, 3.63) is 115 Å². The van der Waals surface area contributed by atoms with E-state index < -0.39 is 0 Å². The Kier molecular flexibility index (Phi) is 4.16. The molecule has 0 aliphatic carbocycles. The van der Waals surface area contributed by atoms with Gasteiger partial charge in [0.15, 0.2) is 14.7 Å². The number of rotatable bonds is 3. The Balaban J connectivity index is 1.81. The minimum absolute atomic E-state index is 0.132. The largest absolute Gasteiger partial charge is 0.174 e. The molecule has 1 heteroatoms. The molecule has 0 saturated heterocycles. The van der Waals surface area contributed by atoms with Gasteiger partial charge >= 0.3 is 0 Å². The summed E-state index contributed by atoms with van der Waals surface area (Å²) in [5, 5.41) is 5.23. The molecule has 0 unspecified atom stereocenters. The van der Waals surface area contributed by atoms with Gasteiger partial charge in [0.25, 0.3) is 0 Å². The van der Waals surface area contributed by atoms with E-state index in [4.69, 9.17) is 0 Å². The van der Waals surface area contributed by atoms with Gasteiger partial charge in [-0.2, -0.15) is 0 Å². The van der Waals surface area contributed by atoms with Crippen LogP contribution in [-0.2, 0) is 10.9 Å². The molecule has 0 aliphatic rings. The smallest absolute Gasteiger partial charge is 0.0619 e. The van der Waals surface area contributed by atoms with E-state index in [9.17, 15) is 0 Å². The number of fused-ring (bicyclic) bond motifs is 2. The Hall–Kier alpha value is -3.03. The molecule has 128 valence electrons. The van der Waals surface area contributed by atoms with Crippen LogP contribution in [0, 0.1) is 0 Å². The number of hydrogen-bond acceptors (Lipinski definition) is 0. The molecule has 0 radical (unpaired) electrons. The number of benzene rings is 5. The second-order valence-electron chi connectivity index (χ2n) is 6.61. The maximum atomic E-state index is 2.35. The van der Waals surface area contributed by atoms with E-state index in [2.05, 4.69) is 115 Å². The van der Waals surface area contributed by atoms with Crippen molar-refractivity contribution >= 4 is 32.4 Å². The second kappa shape index (κ2) is 6.94. The average Bonchev–Trinajstić information content (AvgIpc) is 2.74. The van der Waals surface area contributed by atoms with Crippen molar-refractivity contribution in [2.24, 2.45) is 0 Å². The quantitative estimate of drug-likeness (QED) is 0.237. The van der Waals surface area contributed by atoms with Crippen molar-refractivity contribution < 1.29 is 0 Å². The second-order valence-corrected chi connectivity index (χ2v) is 8.60. The molecule has 0 spiro atoms. The normalized spacial score (nSPS) is 11.3. The molecule has 0 aliphatic heterocycles. The third-order valence-corrected chi connectivity index (χ3v) is 7.17. The first-order chi connectivity index (χ1) is 13.4. The van der Waals surface area contributed by atoms with E-state index in [1.807, 2.05) is 0 Å². The molecule has 0 aromatic heterocycles. The highest BCUT2D eigenvalue weighted by molar-refractivity contribution is 7.97. The standard InChI is InChI=1S/C26H19S/c1-3-13-23(14-4-1)27(24-15-5-2-6-16-24)26-17-9-12-22-18-20-10-7-8-11-21(20)19-25(22)26/h1-19H/q+1. The van der Waals surface area contributed by atoms with Gasteiger partial charge in [0.2, 0.25) is 0 Å². The van der Waals surface area contributed by atoms with Crippen LogP contribution < -0.4 is 0 Å². The minimum Gasteiger partial charge on any atom is -0.0619 e. The summed E-state index contributed by atoms with van der Waals surface area (Å²) < 4.78 is 0. The zero-order chi connectivity index (χ0) is 18.1. The van der Waals surface area contributed by atoms with Crippen LogP contribution in [0.4, 0.5) is 0 Å². The fourth-order valence-corrected chi connectivity index (χ4v) is 5.87. The fraction of sp³-hybridized carbons (Fsp3) is 0. The first kappa shape index (κ1) is 16.2. The molecule has 0 nitrogen and oxygen atoms in total. The summed E-state index contributed by atoms with van der Waals surface area (Å²) in [6, 6.07) is 41.7. The summed E-state index contributed by atoms with van der Waals surface area (Å²) >= 11 is 0. The molecule has 0 saturated carbocycles. The van der Waals surface area contributed by atoms with Gasteiger partial charge in [0, 0.05) is 5.39 Å². The molecule has 27 heavy (non-hydrogen) atoms. The monoisotopic (exact) mass is 363 g/mol. The van der Waals surface area contributed by atoms with Crippen molar-refractivity contribution in [3.63, 3.8) is 0 Å². The first-order valence-corrected chi connectivity index (χ1v) is 10.4. The zero-order valence-electron chi connectivity index (χ0n) is 14.9. The van der Waals surface area contributed by atoms with Crippen LogP contribution in [0.15, 0.2) is 130 Å². The van der Waals surface area contributed by atoms with Crippen LogP contribution in [0.25, 0.3) is 21.5 Å². The Morgan fingerprint density at radius 3 is 1.56 bits per heavy atom. The van der Waals surface area contributed by atoms with Crippen molar-refractivity contribution in [3.8, 4) is 0 Å². The van der Waals surface area contributed by atoms with E-state index in [1.54, 1.807) is 0 Å². The molecular weight excluding hydrogens is 344 g/mol. The third kappa shape index (κ3) is 3.01. The lowest BCUT2D eigenvalue weighted by Crippen LogP contribution is -2.05. The van der Waals surface area contributed by atoms with Gasteiger partial charge in [-0.1, -0.05) is 72.8 Å². The minimum atomic E-state index is -0.132. The Labute approximate surface area is 162 Å². The molecule has 0 amide bonds. The van der Waals surface area contributed by atoms with Crippen molar-refractivity contribution in [1.29, 1.82) is 0 Å². The topological polar surface area (TPSA) is 0 Å². The van der Waals surface area contributed by atoms with Crippen LogP contribution >= 0.6 is 0 Å². The molecule has 5 aromatic rings. The van der Waals surface area contributed by atoms with Crippen molar-refractivity contribution in [1.82, 2.24) is 0 Å². The summed E-state index contributed by atoms with van der Waals surface area (Å²) in [6.45, 7) is 0. The molecule has 0 atom stereocenters. The highest BCUT2D eigenvalue weighted by atomic mass is 32.2. The predicted molar refractivity (Wildman–Crippen MR) is 117 cm³/mol. The van der Waals surface area contributed by atoms with Gasteiger partial charge < -0.3 is 0 Å². The summed E-state index contributed by atoms with van der Waals surface area (Å²) in [4.78, 5) is 4.09. The maximum Gasteiger partial charge on any atom is 0.174 e. The SMILES string of the molecule is c1ccc([S+](c2ccccc2)c2cccc3cc4ccccc4cc23)cc1. The molecule has 0 heterocycles. The molecule has 0 bridgehead atoms.